The summed E-state index contributed by atoms with van der Waals surface area (Å²) < 4.78 is 0. The molecule has 0 spiro atoms. The van der Waals surface area contributed by atoms with E-state index in [9.17, 15) is 0 Å². The smallest absolute Gasteiger partial charge is 0.314 e. The van der Waals surface area contributed by atoms with E-state index in [-0.39, 0.29) is 6.32 Å². The Labute approximate surface area is 37.0 Å². The molecule has 0 aliphatic heterocycles. The minimum absolute atomic E-state index is 0.236. The minimum atomic E-state index is -0.463. The van der Waals surface area contributed by atoms with Crippen LogP contribution in [0.5, 0.6) is 0 Å². The Morgan fingerprint density at radius 1 is 1.67 bits per heavy atom. The van der Waals surface area contributed by atoms with Crippen molar-refractivity contribution in [2.45, 2.75) is 6.32 Å². The average Bonchev–Trinajstić information content (AvgIpc) is 1.35. The fraction of sp³-hybridized carbons (Fsp3) is 0.500. The van der Waals surface area contributed by atoms with E-state index >= 15 is 0 Å². The van der Waals surface area contributed by atoms with Gasteiger partial charge in [-0.2, -0.15) is 5.26 Å². The van der Waals surface area contributed by atoms with Crippen LogP contribution in [0.15, 0.2) is 0 Å². The average molecular weight is 82.9 g/mol. The Balaban J connectivity index is 2.88. The summed E-state index contributed by atoms with van der Waals surface area (Å²) in [4.78, 5) is 0. The second-order valence-electron chi connectivity index (χ2n) is 1.03. The zero-order valence-electron chi connectivity index (χ0n) is 3.39. The van der Waals surface area contributed by atoms with Crippen LogP contribution in [0.25, 0.3) is 0 Å². The molecule has 0 saturated carbocycles. The lowest BCUT2D eigenvalue weighted by Gasteiger charge is -1.83. The normalized spacial score (nSPS) is 6.83. The molecule has 0 amide bonds. The van der Waals surface area contributed by atoms with Gasteiger partial charge in [0.05, 0.1) is 6.07 Å². The summed E-state index contributed by atoms with van der Waals surface area (Å²) in [5.41, 5.74) is 9.92. The second-order valence-corrected chi connectivity index (χ2v) is 1.03. The van der Waals surface area contributed by atoms with Gasteiger partial charge in [-0.3, -0.25) is 0 Å². The van der Waals surface area contributed by atoms with Crippen molar-refractivity contribution in [1.29, 1.82) is 5.26 Å². The first-order valence-electron chi connectivity index (χ1n) is 1.65. The van der Waals surface area contributed by atoms with Crippen molar-refractivity contribution in [3.05, 3.63) is 0 Å². The van der Waals surface area contributed by atoms with Gasteiger partial charge in [0.1, 0.15) is 0 Å². The highest BCUT2D eigenvalue weighted by atomic mass is 14.6. The lowest BCUT2D eigenvalue weighted by Crippen LogP contribution is -2.35. The van der Waals surface area contributed by atoms with E-state index in [0.29, 0.717) is 0 Å². The van der Waals surface area contributed by atoms with Crippen LogP contribution < -0.4 is 11.3 Å². The van der Waals surface area contributed by atoms with Crippen molar-refractivity contribution in [1.82, 2.24) is 0 Å². The van der Waals surface area contributed by atoms with Gasteiger partial charge in [-0.15, -0.1) is 0 Å². The molecular formula is C2H6BN3. The molecule has 0 bridgehead atoms. The molecule has 0 fully saturated rings. The molecule has 32 valence electrons. The molecule has 0 aromatic rings. The Hall–Kier alpha value is -0.525. The minimum Gasteiger partial charge on any atom is -0.355 e. The summed E-state index contributed by atoms with van der Waals surface area (Å²) in [6.07, 6.45) is 0.236. The maximum Gasteiger partial charge on any atom is 0.314 e. The van der Waals surface area contributed by atoms with E-state index in [2.05, 4.69) is 0 Å². The highest BCUT2D eigenvalue weighted by Gasteiger charge is 1.94. The molecular weight excluding hydrogens is 76.9 g/mol. The molecule has 0 unspecified atom stereocenters. The summed E-state index contributed by atoms with van der Waals surface area (Å²) in [6.45, 7) is -0.463. The molecule has 0 aliphatic carbocycles. The van der Waals surface area contributed by atoms with E-state index in [1.807, 2.05) is 6.07 Å². The lowest BCUT2D eigenvalue weighted by molar-refractivity contribution is 1.43. The SMILES string of the molecule is N#CCB(N)N. The highest BCUT2D eigenvalue weighted by Crippen LogP contribution is 1.67. The number of hydrogen-bond acceptors (Lipinski definition) is 3. The molecule has 0 aliphatic rings. The van der Waals surface area contributed by atoms with Crippen LogP contribution in [-0.4, -0.2) is 6.98 Å². The highest BCUT2D eigenvalue weighted by molar-refractivity contribution is 6.52. The predicted octanol–water partition coefficient (Wildman–Crippen LogP) is -1.08. The van der Waals surface area contributed by atoms with Gasteiger partial charge in [-0.1, -0.05) is 0 Å². The Kier molecular flexibility index (Phi) is 2.46. The fourth-order valence-corrected chi connectivity index (χ4v) is 0.105. The molecule has 0 rings (SSSR count). The summed E-state index contributed by atoms with van der Waals surface area (Å²) in [5, 5.41) is 7.83. The van der Waals surface area contributed by atoms with Gasteiger partial charge < -0.3 is 11.3 Å². The molecule has 0 atom stereocenters. The van der Waals surface area contributed by atoms with Crippen LogP contribution in [0.1, 0.15) is 0 Å². The quantitative estimate of drug-likeness (QED) is 0.395. The molecule has 6 heavy (non-hydrogen) atoms. The van der Waals surface area contributed by atoms with Crippen molar-refractivity contribution in [2.75, 3.05) is 0 Å². The molecule has 0 aromatic heterocycles. The fourth-order valence-electron chi connectivity index (χ4n) is 0.105. The Bertz CT molecular complexity index is 63.7. The molecule has 0 radical (unpaired) electrons. The van der Waals surface area contributed by atoms with Crippen molar-refractivity contribution >= 4 is 6.98 Å². The van der Waals surface area contributed by atoms with Gasteiger partial charge >= 0.3 is 6.98 Å². The summed E-state index contributed by atoms with van der Waals surface area (Å²) >= 11 is 0. The second kappa shape index (κ2) is 2.70. The molecule has 0 aromatic carbocycles. The first-order valence-corrected chi connectivity index (χ1v) is 1.65. The van der Waals surface area contributed by atoms with E-state index in [0.717, 1.165) is 0 Å². The van der Waals surface area contributed by atoms with Crippen LogP contribution in [0.4, 0.5) is 0 Å². The van der Waals surface area contributed by atoms with Crippen molar-refractivity contribution in [3.63, 3.8) is 0 Å². The zero-order valence-corrected chi connectivity index (χ0v) is 3.39. The van der Waals surface area contributed by atoms with Gasteiger partial charge in [0, 0.05) is 6.32 Å². The lowest BCUT2D eigenvalue weighted by atomic mass is 9.78. The van der Waals surface area contributed by atoms with Gasteiger partial charge in [-0.25, -0.2) is 0 Å². The molecule has 3 nitrogen and oxygen atoms in total. The number of nitriles is 1. The third-order valence-corrected chi connectivity index (χ3v) is 0.327. The predicted molar refractivity (Wildman–Crippen MR) is 24.5 cm³/mol. The van der Waals surface area contributed by atoms with Crippen LogP contribution in [-0.2, 0) is 0 Å². The topological polar surface area (TPSA) is 75.8 Å². The maximum absolute atomic E-state index is 7.83. The third-order valence-electron chi connectivity index (χ3n) is 0.327. The first-order chi connectivity index (χ1) is 2.77. The third kappa shape index (κ3) is 3.47. The van der Waals surface area contributed by atoms with E-state index in [1.54, 1.807) is 0 Å². The van der Waals surface area contributed by atoms with Gasteiger partial charge in [0.15, 0.2) is 0 Å². The number of rotatable bonds is 1. The van der Waals surface area contributed by atoms with Crippen LogP contribution in [0.2, 0.25) is 6.32 Å². The number of hydrogen-bond donors (Lipinski definition) is 2. The van der Waals surface area contributed by atoms with Crippen LogP contribution in [0.3, 0.4) is 0 Å². The van der Waals surface area contributed by atoms with Gasteiger partial charge in [-0.05, 0) is 0 Å². The van der Waals surface area contributed by atoms with Gasteiger partial charge in [0.25, 0.3) is 0 Å². The first kappa shape index (κ1) is 5.47. The summed E-state index contributed by atoms with van der Waals surface area (Å²) in [7, 11) is 0. The van der Waals surface area contributed by atoms with Gasteiger partial charge in [0.2, 0.25) is 0 Å². The van der Waals surface area contributed by atoms with Crippen molar-refractivity contribution in [3.8, 4) is 6.07 Å². The van der Waals surface area contributed by atoms with Crippen molar-refractivity contribution in [2.24, 2.45) is 11.3 Å². The summed E-state index contributed by atoms with van der Waals surface area (Å²) in [6, 6.07) is 1.82. The van der Waals surface area contributed by atoms with Crippen LogP contribution in [0, 0.1) is 11.3 Å². The van der Waals surface area contributed by atoms with Crippen LogP contribution >= 0.6 is 0 Å². The maximum atomic E-state index is 7.83. The summed E-state index contributed by atoms with van der Waals surface area (Å²) in [5.74, 6) is 0. The molecule has 0 saturated heterocycles. The van der Waals surface area contributed by atoms with E-state index in [1.165, 1.54) is 0 Å². The van der Waals surface area contributed by atoms with Crippen molar-refractivity contribution < 1.29 is 0 Å². The standard InChI is InChI=1S/C2H6BN3/c4-2-1-3(5)6/h1,5-6H2. The number of nitrogens with zero attached hydrogens (tertiary/aromatic N) is 1. The zero-order chi connectivity index (χ0) is 4.99. The Morgan fingerprint density at radius 2 is 2.17 bits per heavy atom. The number of nitrogens with two attached hydrogens (primary N) is 2. The monoisotopic (exact) mass is 83.1 g/mol. The van der Waals surface area contributed by atoms with E-state index in [4.69, 9.17) is 16.6 Å². The molecule has 4 N–H and O–H groups in total. The largest absolute Gasteiger partial charge is 0.355 e. The Morgan fingerprint density at radius 3 is 2.17 bits per heavy atom. The van der Waals surface area contributed by atoms with E-state index < -0.39 is 6.98 Å². The molecule has 4 heteroatoms. The molecule has 0 heterocycles.